The van der Waals surface area contributed by atoms with Crippen molar-refractivity contribution < 1.29 is 13.6 Å². The second-order valence-corrected chi connectivity index (χ2v) is 4.64. The lowest BCUT2D eigenvalue weighted by Crippen LogP contribution is -2.16. The molecule has 0 aliphatic carbocycles. The van der Waals surface area contributed by atoms with Gasteiger partial charge in [0.25, 0.3) is 5.91 Å². The predicted molar refractivity (Wildman–Crippen MR) is 74.9 cm³/mol. The van der Waals surface area contributed by atoms with Gasteiger partial charge in [-0.25, -0.2) is 8.78 Å². The van der Waals surface area contributed by atoms with Gasteiger partial charge in [-0.3, -0.25) is 4.79 Å². The topological polar surface area (TPSA) is 55.1 Å². The van der Waals surface area contributed by atoms with Crippen LogP contribution in [0, 0.1) is 18.6 Å². The fourth-order valence-corrected chi connectivity index (χ4v) is 2.08. The molecule has 2 aromatic carbocycles. The molecule has 2 rings (SSSR count). The summed E-state index contributed by atoms with van der Waals surface area (Å²) < 4.78 is 26.6. The van der Waals surface area contributed by atoms with Crippen LogP contribution in [0.3, 0.4) is 0 Å². The van der Waals surface area contributed by atoms with E-state index in [-0.39, 0.29) is 22.0 Å². The molecule has 0 atom stereocenters. The number of benzene rings is 2. The summed E-state index contributed by atoms with van der Waals surface area (Å²) in [7, 11) is 0. The Labute approximate surface area is 119 Å². The molecule has 6 heteroatoms. The molecule has 0 aliphatic heterocycles. The van der Waals surface area contributed by atoms with Crippen molar-refractivity contribution in [3.8, 4) is 0 Å². The third-order valence-corrected chi connectivity index (χ3v) is 3.08. The summed E-state index contributed by atoms with van der Waals surface area (Å²) in [4.78, 5) is 12.1. The molecule has 0 radical (unpaired) electrons. The standard InChI is InChI=1S/C14H11ClF2N2O/c1-7-3-2-4-11(18)12(7)14(20)19-13-9(15)5-8(16)6-10(13)17/h2-6H,18H2,1H3,(H,19,20). The normalized spacial score (nSPS) is 10.4. The molecule has 0 aromatic heterocycles. The minimum Gasteiger partial charge on any atom is -0.398 e. The maximum Gasteiger partial charge on any atom is 0.258 e. The van der Waals surface area contributed by atoms with E-state index in [4.69, 9.17) is 17.3 Å². The lowest BCUT2D eigenvalue weighted by Gasteiger charge is -2.12. The maximum absolute atomic E-state index is 13.6. The number of hydrogen-bond acceptors (Lipinski definition) is 2. The van der Waals surface area contributed by atoms with Crippen LogP contribution in [0.5, 0.6) is 0 Å². The smallest absolute Gasteiger partial charge is 0.258 e. The SMILES string of the molecule is Cc1cccc(N)c1C(=O)Nc1c(F)cc(F)cc1Cl. The summed E-state index contributed by atoms with van der Waals surface area (Å²) >= 11 is 5.72. The van der Waals surface area contributed by atoms with E-state index in [0.717, 1.165) is 6.07 Å². The Kier molecular flexibility index (Phi) is 3.90. The highest BCUT2D eigenvalue weighted by Gasteiger charge is 2.17. The van der Waals surface area contributed by atoms with Crippen LogP contribution in [0.25, 0.3) is 0 Å². The second-order valence-electron chi connectivity index (χ2n) is 4.24. The second kappa shape index (κ2) is 5.46. The quantitative estimate of drug-likeness (QED) is 0.829. The molecule has 0 aliphatic rings. The van der Waals surface area contributed by atoms with Gasteiger partial charge in [-0.15, -0.1) is 0 Å². The van der Waals surface area contributed by atoms with Crippen LogP contribution in [0.1, 0.15) is 15.9 Å². The van der Waals surface area contributed by atoms with Crippen LogP contribution in [0.15, 0.2) is 30.3 Å². The van der Waals surface area contributed by atoms with Gasteiger partial charge in [-0.2, -0.15) is 0 Å². The fourth-order valence-electron chi connectivity index (χ4n) is 1.84. The zero-order valence-corrected chi connectivity index (χ0v) is 11.3. The minimum absolute atomic E-state index is 0.219. The zero-order valence-electron chi connectivity index (χ0n) is 10.5. The molecule has 2 aromatic rings. The van der Waals surface area contributed by atoms with Gasteiger partial charge in [0.1, 0.15) is 5.82 Å². The third kappa shape index (κ3) is 2.72. The number of hydrogen-bond donors (Lipinski definition) is 2. The van der Waals surface area contributed by atoms with Crippen molar-refractivity contribution >= 4 is 28.9 Å². The first-order valence-electron chi connectivity index (χ1n) is 5.71. The van der Waals surface area contributed by atoms with Gasteiger partial charge in [0.05, 0.1) is 16.3 Å². The summed E-state index contributed by atoms with van der Waals surface area (Å²) in [6.07, 6.45) is 0. The zero-order chi connectivity index (χ0) is 14.9. The highest BCUT2D eigenvalue weighted by Crippen LogP contribution is 2.28. The Morgan fingerprint density at radius 1 is 1.30 bits per heavy atom. The number of rotatable bonds is 2. The highest BCUT2D eigenvalue weighted by atomic mass is 35.5. The van der Waals surface area contributed by atoms with E-state index in [9.17, 15) is 13.6 Å². The number of nitrogens with two attached hydrogens (primary N) is 1. The Bertz CT molecular complexity index is 646. The minimum atomic E-state index is -0.949. The van der Waals surface area contributed by atoms with Crippen molar-refractivity contribution in [1.82, 2.24) is 0 Å². The lowest BCUT2D eigenvalue weighted by atomic mass is 10.1. The van der Waals surface area contributed by atoms with Crippen LogP contribution < -0.4 is 11.1 Å². The first kappa shape index (κ1) is 14.3. The van der Waals surface area contributed by atoms with Gasteiger partial charge in [0, 0.05) is 11.8 Å². The van der Waals surface area contributed by atoms with Crippen molar-refractivity contribution in [1.29, 1.82) is 0 Å². The van der Waals surface area contributed by atoms with Crippen molar-refractivity contribution in [3.05, 3.63) is 58.1 Å². The van der Waals surface area contributed by atoms with Crippen molar-refractivity contribution in [2.45, 2.75) is 6.92 Å². The molecule has 3 nitrogen and oxygen atoms in total. The van der Waals surface area contributed by atoms with Crippen LogP contribution in [-0.4, -0.2) is 5.91 Å². The molecule has 0 fully saturated rings. The lowest BCUT2D eigenvalue weighted by molar-refractivity contribution is 0.102. The average Bonchev–Trinajstić information content (AvgIpc) is 2.33. The number of amides is 1. The number of nitrogens with one attached hydrogen (secondary N) is 1. The molecule has 3 N–H and O–H groups in total. The van der Waals surface area contributed by atoms with Crippen molar-refractivity contribution in [2.24, 2.45) is 0 Å². The van der Waals surface area contributed by atoms with E-state index in [2.05, 4.69) is 5.32 Å². The molecule has 0 saturated heterocycles. The number of carbonyl (C=O) groups is 1. The maximum atomic E-state index is 13.6. The molecule has 0 unspecified atom stereocenters. The Morgan fingerprint density at radius 3 is 2.60 bits per heavy atom. The van der Waals surface area contributed by atoms with E-state index in [1.54, 1.807) is 25.1 Å². The van der Waals surface area contributed by atoms with Crippen LogP contribution in [0.2, 0.25) is 5.02 Å². The molecule has 0 saturated carbocycles. The summed E-state index contributed by atoms with van der Waals surface area (Å²) in [6.45, 7) is 1.70. The number of halogens is 3. The first-order valence-corrected chi connectivity index (χ1v) is 6.09. The molecule has 1 amide bonds. The van der Waals surface area contributed by atoms with E-state index in [1.807, 2.05) is 0 Å². The Balaban J connectivity index is 2.38. The molecule has 20 heavy (non-hydrogen) atoms. The summed E-state index contributed by atoms with van der Waals surface area (Å²) in [5.41, 5.74) is 6.59. The summed E-state index contributed by atoms with van der Waals surface area (Å²) in [5, 5.41) is 2.09. The number of anilines is 2. The summed E-state index contributed by atoms with van der Waals surface area (Å²) in [5.74, 6) is -2.37. The van der Waals surface area contributed by atoms with Gasteiger partial charge in [-0.05, 0) is 24.6 Å². The predicted octanol–water partition coefficient (Wildman–Crippen LogP) is 3.76. The van der Waals surface area contributed by atoms with Crippen LogP contribution in [0.4, 0.5) is 20.2 Å². The van der Waals surface area contributed by atoms with E-state index < -0.39 is 17.5 Å². The average molecular weight is 297 g/mol. The molecular formula is C14H11ClF2N2O. The number of nitrogen functional groups attached to an aromatic ring is 1. The molecular weight excluding hydrogens is 286 g/mol. The molecule has 0 spiro atoms. The van der Waals surface area contributed by atoms with Crippen molar-refractivity contribution in [2.75, 3.05) is 11.1 Å². The Hall–Kier alpha value is -2.14. The van der Waals surface area contributed by atoms with Crippen LogP contribution >= 0.6 is 11.6 Å². The van der Waals surface area contributed by atoms with E-state index in [1.165, 1.54) is 0 Å². The summed E-state index contributed by atoms with van der Waals surface area (Å²) in [6, 6.07) is 6.52. The third-order valence-electron chi connectivity index (χ3n) is 2.78. The van der Waals surface area contributed by atoms with E-state index in [0.29, 0.717) is 11.6 Å². The number of carbonyl (C=O) groups excluding carboxylic acids is 1. The molecule has 0 bridgehead atoms. The number of aryl methyl sites for hydroxylation is 1. The largest absolute Gasteiger partial charge is 0.398 e. The van der Waals surface area contributed by atoms with Crippen LogP contribution in [-0.2, 0) is 0 Å². The van der Waals surface area contributed by atoms with Gasteiger partial charge in [0.15, 0.2) is 5.82 Å². The first-order chi connectivity index (χ1) is 9.40. The van der Waals surface area contributed by atoms with Gasteiger partial charge in [0.2, 0.25) is 0 Å². The van der Waals surface area contributed by atoms with E-state index >= 15 is 0 Å². The van der Waals surface area contributed by atoms with Gasteiger partial charge < -0.3 is 11.1 Å². The van der Waals surface area contributed by atoms with Gasteiger partial charge >= 0.3 is 0 Å². The highest BCUT2D eigenvalue weighted by molar-refractivity contribution is 6.34. The van der Waals surface area contributed by atoms with Crippen molar-refractivity contribution in [3.63, 3.8) is 0 Å². The molecule has 104 valence electrons. The molecule has 0 heterocycles. The van der Waals surface area contributed by atoms with Gasteiger partial charge in [-0.1, -0.05) is 23.7 Å². The monoisotopic (exact) mass is 296 g/mol. The Morgan fingerprint density at radius 2 is 2.00 bits per heavy atom. The fraction of sp³-hybridized carbons (Fsp3) is 0.0714.